The van der Waals surface area contributed by atoms with Crippen LogP contribution in [-0.4, -0.2) is 49.0 Å². The lowest BCUT2D eigenvalue weighted by Gasteiger charge is -2.33. The number of benzene rings is 1. The topological polar surface area (TPSA) is 30.9 Å². The second-order valence-corrected chi connectivity index (χ2v) is 7.39. The average Bonchev–Trinajstić information content (AvgIpc) is 3.10. The Hall–Kier alpha value is -0.820. The standard InChI is InChI=1S/C20H32N4.HI/c1-17-6-5-13-24(15-17)20(21-2)22-14-18-7-9-19(10-8-18)16-23-11-3-4-12-23;/h7-10,17H,3-6,11-16H2,1-2H3,(H,21,22);1H. The second-order valence-electron chi connectivity index (χ2n) is 7.39. The number of nitrogens with one attached hydrogen (secondary N) is 1. The van der Waals surface area contributed by atoms with Crippen molar-refractivity contribution in [2.75, 3.05) is 33.2 Å². The van der Waals surface area contributed by atoms with E-state index in [0.29, 0.717) is 0 Å². The molecule has 0 spiro atoms. The van der Waals surface area contributed by atoms with Crippen LogP contribution in [0.5, 0.6) is 0 Å². The van der Waals surface area contributed by atoms with Crippen molar-refractivity contribution in [2.45, 2.75) is 45.7 Å². The minimum Gasteiger partial charge on any atom is -0.352 e. The third kappa shape index (κ3) is 6.13. The van der Waals surface area contributed by atoms with Gasteiger partial charge in [0.05, 0.1) is 0 Å². The Morgan fingerprint density at radius 2 is 1.76 bits per heavy atom. The van der Waals surface area contributed by atoms with Crippen LogP contribution in [-0.2, 0) is 13.1 Å². The number of aliphatic imine (C=N–C) groups is 1. The molecule has 140 valence electrons. The fourth-order valence-corrected chi connectivity index (χ4v) is 3.86. The van der Waals surface area contributed by atoms with E-state index in [1.54, 1.807) is 0 Å². The van der Waals surface area contributed by atoms with Crippen LogP contribution in [0.3, 0.4) is 0 Å². The maximum absolute atomic E-state index is 4.47. The van der Waals surface area contributed by atoms with Crippen LogP contribution in [0, 0.1) is 5.92 Å². The first-order valence-corrected chi connectivity index (χ1v) is 9.50. The van der Waals surface area contributed by atoms with Crippen molar-refractivity contribution < 1.29 is 0 Å². The van der Waals surface area contributed by atoms with Gasteiger partial charge in [0.25, 0.3) is 0 Å². The average molecular weight is 456 g/mol. The van der Waals surface area contributed by atoms with Crippen LogP contribution in [0.1, 0.15) is 43.7 Å². The van der Waals surface area contributed by atoms with Gasteiger partial charge in [0.1, 0.15) is 0 Å². The van der Waals surface area contributed by atoms with E-state index >= 15 is 0 Å². The molecule has 2 aliphatic rings. The number of rotatable bonds is 4. The Balaban J connectivity index is 0.00000225. The Labute approximate surface area is 170 Å². The van der Waals surface area contributed by atoms with Gasteiger partial charge in [-0.25, -0.2) is 0 Å². The van der Waals surface area contributed by atoms with Gasteiger partial charge in [-0.2, -0.15) is 0 Å². The number of halogens is 1. The van der Waals surface area contributed by atoms with Crippen LogP contribution in [0.4, 0.5) is 0 Å². The molecule has 0 radical (unpaired) electrons. The SMILES string of the molecule is CN=C(NCc1ccc(CN2CCCC2)cc1)N1CCCC(C)C1.I. The number of likely N-dealkylation sites (tertiary alicyclic amines) is 2. The van der Waals surface area contributed by atoms with Crippen molar-refractivity contribution in [1.82, 2.24) is 15.1 Å². The normalized spacial score (nSPS) is 21.9. The zero-order chi connectivity index (χ0) is 16.8. The summed E-state index contributed by atoms with van der Waals surface area (Å²) in [6.07, 6.45) is 5.32. The molecular weight excluding hydrogens is 423 g/mol. The summed E-state index contributed by atoms with van der Waals surface area (Å²) in [6.45, 7) is 9.04. The molecule has 2 aliphatic heterocycles. The third-order valence-electron chi connectivity index (χ3n) is 5.25. The highest BCUT2D eigenvalue weighted by Crippen LogP contribution is 2.16. The first-order chi connectivity index (χ1) is 11.7. The van der Waals surface area contributed by atoms with Crippen molar-refractivity contribution in [3.8, 4) is 0 Å². The van der Waals surface area contributed by atoms with Crippen molar-refractivity contribution in [3.63, 3.8) is 0 Å². The van der Waals surface area contributed by atoms with Crippen LogP contribution in [0.2, 0.25) is 0 Å². The van der Waals surface area contributed by atoms with Crippen molar-refractivity contribution in [1.29, 1.82) is 0 Å². The molecule has 0 saturated carbocycles. The van der Waals surface area contributed by atoms with Crippen molar-refractivity contribution >= 4 is 29.9 Å². The van der Waals surface area contributed by atoms with Crippen LogP contribution in [0.25, 0.3) is 0 Å². The van der Waals surface area contributed by atoms with E-state index in [2.05, 4.69) is 51.3 Å². The predicted molar refractivity (Wildman–Crippen MR) is 117 cm³/mol. The second kappa shape index (κ2) is 10.4. The summed E-state index contributed by atoms with van der Waals surface area (Å²) in [6, 6.07) is 9.07. The Morgan fingerprint density at radius 1 is 1.08 bits per heavy atom. The largest absolute Gasteiger partial charge is 0.352 e. The summed E-state index contributed by atoms with van der Waals surface area (Å²) in [5, 5.41) is 3.53. The number of hydrogen-bond donors (Lipinski definition) is 1. The maximum atomic E-state index is 4.47. The van der Waals surface area contributed by atoms with E-state index < -0.39 is 0 Å². The molecule has 5 heteroatoms. The van der Waals surface area contributed by atoms with Gasteiger partial charge < -0.3 is 10.2 Å². The molecule has 2 saturated heterocycles. The quantitative estimate of drug-likeness (QED) is 0.426. The minimum absolute atomic E-state index is 0. The van der Waals surface area contributed by atoms with E-state index in [0.717, 1.165) is 38.1 Å². The molecule has 1 unspecified atom stereocenters. The van der Waals surface area contributed by atoms with E-state index in [4.69, 9.17) is 0 Å². The molecule has 0 aliphatic carbocycles. The molecule has 4 nitrogen and oxygen atoms in total. The molecule has 0 amide bonds. The first-order valence-electron chi connectivity index (χ1n) is 9.50. The van der Waals surface area contributed by atoms with Gasteiger partial charge in [0.2, 0.25) is 0 Å². The van der Waals surface area contributed by atoms with E-state index in [9.17, 15) is 0 Å². The summed E-state index contributed by atoms with van der Waals surface area (Å²) in [4.78, 5) is 9.42. The van der Waals surface area contributed by atoms with Crippen molar-refractivity contribution in [2.24, 2.45) is 10.9 Å². The number of nitrogens with zero attached hydrogens (tertiary/aromatic N) is 3. The summed E-state index contributed by atoms with van der Waals surface area (Å²) < 4.78 is 0. The zero-order valence-corrected chi connectivity index (χ0v) is 18.0. The first kappa shape index (κ1) is 20.5. The zero-order valence-electron chi connectivity index (χ0n) is 15.7. The minimum atomic E-state index is 0. The maximum Gasteiger partial charge on any atom is 0.193 e. The fraction of sp³-hybridized carbons (Fsp3) is 0.650. The number of hydrogen-bond acceptors (Lipinski definition) is 2. The highest BCUT2D eigenvalue weighted by molar-refractivity contribution is 14.0. The molecule has 0 bridgehead atoms. The number of piperidine rings is 1. The Kier molecular flexibility index (Phi) is 8.49. The molecule has 2 heterocycles. The van der Waals surface area contributed by atoms with Gasteiger partial charge in [-0.05, 0) is 55.8 Å². The molecule has 1 aromatic rings. The lowest BCUT2D eigenvalue weighted by Crippen LogP contribution is -2.45. The van der Waals surface area contributed by atoms with Gasteiger partial charge in [-0.1, -0.05) is 31.2 Å². The van der Waals surface area contributed by atoms with Gasteiger partial charge in [0.15, 0.2) is 5.96 Å². The van der Waals surface area contributed by atoms with E-state index in [-0.39, 0.29) is 24.0 Å². The lowest BCUT2D eigenvalue weighted by atomic mass is 10.0. The van der Waals surface area contributed by atoms with Crippen molar-refractivity contribution in [3.05, 3.63) is 35.4 Å². The van der Waals surface area contributed by atoms with E-state index in [1.807, 2.05) is 7.05 Å². The lowest BCUT2D eigenvalue weighted by molar-refractivity contribution is 0.266. The molecule has 1 aromatic carbocycles. The van der Waals surface area contributed by atoms with Crippen LogP contribution < -0.4 is 5.32 Å². The summed E-state index contributed by atoms with van der Waals surface area (Å²) in [5.74, 6) is 1.81. The third-order valence-corrected chi connectivity index (χ3v) is 5.25. The molecular formula is C20H33IN4. The van der Waals surface area contributed by atoms with E-state index in [1.165, 1.54) is 49.9 Å². The van der Waals surface area contributed by atoms with Crippen LogP contribution in [0.15, 0.2) is 29.3 Å². The molecule has 3 rings (SSSR count). The van der Waals surface area contributed by atoms with Gasteiger partial charge >= 0.3 is 0 Å². The predicted octanol–water partition coefficient (Wildman–Crippen LogP) is 3.71. The molecule has 1 N–H and O–H groups in total. The van der Waals surface area contributed by atoms with Crippen LogP contribution >= 0.6 is 24.0 Å². The Morgan fingerprint density at radius 3 is 2.40 bits per heavy atom. The highest BCUT2D eigenvalue weighted by Gasteiger charge is 2.19. The molecule has 2 fully saturated rings. The fourth-order valence-electron chi connectivity index (χ4n) is 3.86. The van der Waals surface area contributed by atoms with Gasteiger partial charge in [-0.15, -0.1) is 24.0 Å². The molecule has 1 atom stereocenters. The highest BCUT2D eigenvalue weighted by atomic mass is 127. The summed E-state index contributed by atoms with van der Waals surface area (Å²) in [5.41, 5.74) is 2.75. The monoisotopic (exact) mass is 456 g/mol. The molecule has 25 heavy (non-hydrogen) atoms. The Bertz CT molecular complexity index is 537. The van der Waals surface area contributed by atoms with Gasteiger partial charge in [-0.3, -0.25) is 9.89 Å². The number of guanidine groups is 1. The van der Waals surface area contributed by atoms with Gasteiger partial charge in [0, 0.05) is 33.2 Å². The summed E-state index contributed by atoms with van der Waals surface area (Å²) in [7, 11) is 1.89. The summed E-state index contributed by atoms with van der Waals surface area (Å²) >= 11 is 0. The smallest absolute Gasteiger partial charge is 0.193 e. The molecule has 0 aromatic heterocycles.